The minimum Gasteiger partial charge on any atom is -0.350 e. The number of benzene rings is 1. The molecule has 20 heavy (non-hydrogen) atoms. The number of hydrogen-bond donors (Lipinski definition) is 2. The van der Waals surface area contributed by atoms with Crippen molar-refractivity contribution in [2.75, 3.05) is 0 Å². The van der Waals surface area contributed by atoms with Crippen molar-refractivity contribution < 1.29 is 9.59 Å². The number of nitrogens with one attached hydrogen (secondary N) is 2. The van der Waals surface area contributed by atoms with Gasteiger partial charge in [0.05, 0.1) is 0 Å². The van der Waals surface area contributed by atoms with Crippen molar-refractivity contribution in [3.8, 4) is 0 Å². The van der Waals surface area contributed by atoms with Crippen LogP contribution in [0.1, 0.15) is 38.1 Å². The van der Waals surface area contributed by atoms with E-state index < -0.39 is 6.04 Å². The first kappa shape index (κ1) is 17.2. The highest BCUT2D eigenvalue weighted by atomic mass is 79.9. The van der Waals surface area contributed by atoms with Crippen LogP contribution in [0.4, 0.5) is 0 Å². The van der Waals surface area contributed by atoms with Gasteiger partial charge >= 0.3 is 0 Å². The lowest BCUT2D eigenvalue weighted by molar-refractivity contribution is -0.124. The normalized spacial score (nSPS) is 12.7. The number of hydrogen-bond acceptors (Lipinski definition) is 2. The van der Waals surface area contributed by atoms with E-state index in [1.165, 1.54) is 0 Å². The van der Waals surface area contributed by atoms with Gasteiger partial charge in [-0.15, -0.1) is 0 Å². The van der Waals surface area contributed by atoms with Gasteiger partial charge in [0.15, 0.2) is 0 Å². The first-order valence-electron chi connectivity index (χ1n) is 6.17. The summed E-state index contributed by atoms with van der Waals surface area (Å²) in [4.78, 5) is 24.0. The molecule has 1 aromatic rings. The Balaban J connectivity index is 2.72. The van der Waals surface area contributed by atoms with Gasteiger partial charge in [-0.1, -0.05) is 31.9 Å². The van der Waals surface area contributed by atoms with Crippen LogP contribution in [-0.2, 0) is 4.79 Å². The Morgan fingerprint density at radius 3 is 2.05 bits per heavy atom. The number of halogens is 2. The summed E-state index contributed by atoms with van der Waals surface area (Å²) in [5.41, 5.74) is 0.163. The van der Waals surface area contributed by atoms with Gasteiger partial charge in [0.25, 0.3) is 5.91 Å². The number of carbonyl (C=O) groups excluding carboxylic acids is 2. The summed E-state index contributed by atoms with van der Waals surface area (Å²) in [6.07, 6.45) is 0. The zero-order chi connectivity index (χ0) is 15.5. The maximum Gasteiger partial charge on any atom is 0.251 e. The fourth-order valence-corrected chi connectivity index (χ4v) is 2.80. The zero-order valence-electron chi connectivity index (χ0n) is 11.9. The Morgan fingerprint density at radius 2 is 1.60 bits per heavy atom. The number of carbonyl (C=O) groups is 2. The van der Waals surface area contributed by atoms with Crippen LogP contribution in [0, 0.1) is 0 Å². The Labute approximate surface area is 136 Å². The lowest BCUT2D eigenvalue weighted by atomic mass is 10.1. The first-order valence-corrected chi connectivity index (χ1v) is 7.76. The molecule has 4 nitrogen and oxygen atoms in total. The molecule has 1 unspecified atom stereocenters. The molecule has 0 fully saturated rings. The summed E-state index contributed by atoms with van der Waals surface area (Å²) >= 11 is 6.65. The van der Waals surface area contributed by atoms with Crippen LogP contribution in [0.25, 0.3) is 0 Å². The van der Waals surface area contributed by atoms with E-state index in [0.717, 1.165) is 8.95 Å². The second-order valence-corrected chi connectivity index (χ2v) is 7.42. The highest BCUT2D eigenvalue weighted by molar-refractivity contribution is 9.11. The molecule has 0 aromatic heterocycles. The molecule has 0 bridgehead atoms. The third-order valence-electron chi connectivity index (χ3n) is 2.36. The second-order valence-electron chi connectivity index (χ2n) is 5.59. The van der Waals surface area contributed by atoms with Crippen molar-refractivity contribution in [3.63, 3.8) is 0 Å². The molecule has 0 heterocycles. The van der Waals surface area contributed by atoms with Crippen LogP contribution in [0.3, 0.4) is 0 Å². The molecule has 110 valence electrons. The molecule has 1 atom stereocenters. The monoisotopic (exact) mass is 404 g/mol. The summed E-state index contributed by atoms with van der Waals surface area (Å²) in [5.74, 6) is -0.497. The lowest BCUT2D eigenvalue weighted by Crippen LogP contribution is -2.50. The second kappa shape index (κ2) is 6.72. The van der Waals surface area contributed by atoms with Crippen molar-refractivity contribution in [2.45, 2.75) is 39.3 Å². The van der Waals surface area contributed by atoms with E-state index in [4.69, 9.17) is 0 Å². The molecule has 0 radical (unpaired) electrons. The van der Waals surface area contributed by atoms with Crippen LogP contribution in [-0.4, -0.2) is 23.4 Å². The van der Waals surface area contributed by atoms with E-state index in [1.807, 2.05) is 26.8 Å². The van der Waals surface area contributed by atoms with E-state index in [-0.39, 0.29) is 17.4 Å². The van der Waals surface area contributed by atoms with Crippen LogP contribution >= 0.6 is 31.9 Å². The van der Waals surface area contributed by atoms with Crippen LogP contribution in [0.15, 0.2) is 27.1 Å². The minimum atomic E-state index is -0.598. The predicted molar refractivity (Wildman–Crippen MR) is 86.7 cm³/mol. The van der Waals surface area contributed by atoms with Crippen molar-refractivity contribution in [1.29, 1.82) is 0 Å². The van der Waals surface area contributed by atoms with Gasteiger partial charge in [-0.25, -0.2) is 0 Å². The standard InChI is InChI=1S/C14H18Br2N2O2/c1-8(12(19)18-14(2,3)4)17-13(20)9-5-10(15)7-11(16)6-9/h5-8H,1-4H3,(H,17,20)(H,18,19). The molecule has 0 aliphatic heterocycles. The molecule has 6 heteroatoms. The SMILES string of the molecule is CC(NC(=O)c1cc(Br)cc(Br)c1)C(=O)NC(C)(C)C. The summed E-state index contributed by atoms with van der Waals surface area (Å²) in [6, 6.07) is 4.65. The molecule has 2 amide bonds. The minimum absolute atomic E-state index is 0.208. The summed E-state index contributed by atoms with van der Waals surface area (Å²) in [7, 11) is 0. The maximum absolute atomic E-state index is 12.1. The topological polar surface area (TPSA) is 58.2 Å². The van der Waals surface area contributed by atoms with Crippen molar-refractivity contribution in [3.05, 3.63) is 32.7 Å². The van der Waals surface area contributed by atoms with E-state index in [9.17, 15) is 9.59 Å². The summed E-state index contributed by atoms with van der Waals surface area (Å²) in [6.45, 7) is 7.34. The molecule has 0 aliphatic carbocycles. The summed E-state index contributed by atoms with van der Waals surface area (Å²) < 4.78 is 1.59. The fourth-order valence-electron chi connectivity index (χ4n) is 1.51. The van der Waals surface area contributed by atoms with Crippen molar-refractivity contribution >= 4 is 43.7 Å². The fraction of sp³-hybridized carbons (Fsp3) is 0.429. The Hall–Kier alpha value is -0.880. The lowest BCUT2D eigenvalue weighted by Gasteiger charge is -2.23. The van der Waals surface area contributed by atoms with Crippen LogP contribution < -0.4 is 10.6 Å². The van der Waals surface area contributed by atoms with Gasteiger partial charge in [-0.05, 0) is 45.9 Å². The van der Waals surface area contributed by atoms with Crippen molar-refractivity contribution in [2.24, 2.45) is 0 Å². The third kappa shape index (κ3) is 5.63. The molecule has 1 rings (SSSR count). The van der Waals surface area contributed by atoms with Crippen molar-refractivity contribution in [1.82, 2.24) is 10.6 Å². The Morgan fingerprint density at radius 1 is 1.10 bits per heavy atom. The number of rotatable bonds is 3. The van der Waals surface area contributed by atoms with Gasteiger partial charge in [-0.3, -0.25) is 9.59 Å². The number of amides is 2. The van der Waals surface area contributed by atoms with Gasteiger partial charge in [0.2, 0.25) is 5.91 Å². The van der Waals surface area contributed by atoms with Crippen LogP contribution in [0.5, 0.6) is 0 Å². The molecular formula is C14H18Br2N2O2. The third-order valence-corrected chi connectivity index (χ3v) is 3.28. The molecule has 0 aliphatic rings. The average molecular weight is 406 g/mol. The highest BCUT2D eigenvalue weighted by Gasteiger charge is 2.21. The molecule has 0 spiro atoms. The van der Waals surface area contributed by atoms with E-state index in [1.54, 1.807) is 19.1 Å². The summed E-state index contributed by atoms with van der Waals surface area (Å²) in [5, 5.41) is 5.51. The van der Waals surface area contributed by atoms with Gasteiger partial charge in [0, 0.05) is 20.0 Å². The maximum atomic E-state index is 12.1. The first-order chi connectivity index (χ1) is 9.08. The Bertz CT molecular complexity index is 504. The smallest absolute Gasteiger partial charge is 0.251 e. The van der Waals surface area contributed by atoms with E-state index in [0.29, 0.717) is 5.56 Å². The highest BCUT2D eigenvalue weighted by Crippen LogP contribution is 2.20. The van der Waals surface area contributed by atoms with E-state index in [2.05, 4.69) is 42.5 Å². The average Bonchev–Trinajstić information content (AvgIpc) is 2.25. The molecule has 2 N–H and O–H groups in total. The Kier molecular flexibility index (Phi) is 5.77. The molecular weight excluding hydrogens is 388 g/mol. The largest absolute Gasteiger partial charge is 0.350 e. The molecule has 1 aromatic carbocycles. The van der Waals surface area contributed by atoms with Gasteiger partial charge < -0.3 is 10.6 Å². The quantitative estimate of drug-likeness (QED) is 0.810. The van der Waals surface area contributed by atoms with Gasteiger partial charge in [-0.2, -0.15) is 0 Å². The predicted octanol–water partition coefficient (Wildman–Crippen LogP) is 3.24. The molecule has 0 saturated carbocycles. The van der Waals surface area contributed by atoms with Crippen LogP contribution in [0.2, 0.25) is 0 Å². The van der Waals surface area contributed by atoms with Gasteiger partial charge in [0.1, 0.15) is 6.04 Å². The van der Waals surface area contributed by atoms with E-state index >= 15 is 0 Å². The molecule has 0 saturated heterocycles. The zero-order valence-corrected chi connectivity index (χ0v) is 15.1.